The number of rotatable bonds is 10. The monoisotopic (exact) mass is 378 g/mol. The molecule has 0 fully saturated rings. The van der Waals surface area contributed by atoms with E-state index in [1.807, 2.05) is 0 Å². The number of hydrogen-bond donors (Lipinski definition) is 0. The van der Waals surface area contributed by atoms with Gasteiger partial charge >= 0.3 is 35.8 Å². The van der Waals surface area contributed by atoms with E-state index in [4.69, 9.17) is 4.74 Å². The predicted molar refractivity (Wildman–Crippen MR) is 78.7 cm³/mol. The van der Waals surface area contributed by atoms with Crippen molar-refractivity contribution in [1.29, 1.82) is 0 Å². The molecule has 0 atom stereocenters. The predicted octanol–water partition coefficient (Wildman–Crippen LogP) is 2.09. The van der Waals surface area contributed by atoms with Gasteiger partial charge in [0.2, 0.25) is 0 Å². The van der Waals surface area contributed by atoms with Gasteiger partial charge in [0.15, 0.2) is 0 Å². The number of hydrogen-bond acceptors (Lipinski definition) is 4. The average Bonchev–Trinajstić information content (AvgIpc) is 2.35. The minimum atomic E-state index is -0.519. The standard InChI is InChI=1S/C14H24O4.Sn.2H/c1-3-5-6-7-8-9-12-18-14(16)11-10-13(15)17-4-2;;;/h10-11H,3-9,12H2,1-2H3;;;/b11-10-;;;. The molecular formula is C14H26O4Sn. The molecule has 0 aromatic heterocycles. The molecule has 0 heterocycles. The van der Waals surface area contributed by atoms with Crippen LogP contribution in [0.2, 0.25) is 0 Å². The summed E-state index contributed by atoms with van der Waals surface area (Å²) in [5.74, 6) is -1.01. The van der Waals surface area contributed by atoms with E-state index in [9.17, 15) is 9.59 Å². The van der Waals surface area contributed by atoms with E-state index in [0.717, 1.165) is 25.0 Å². The van der Waals surface area contributed by atoms with Crippen LogP contribution in [0.3, 0.4) is 0 Å². The molecule has 0 amide bonds. The molecular weight excluding hydrogens is 351 g/mol. The fraction of sp³-hybridized carbons (Fsp3) is 0.714. The van der Waals surface area contributed by atoms with Gasteiger partial charge in [-0.25, -0.2) is 9.59 Å². The van der Waals surface area contributed by atoms with Crippen LogP contribution in [0.15, 0.2) is 12.2 Å². The molecule has 0 saturated carbocycles. The third kappa shape index (κ3) is 15.4. The molecule has 0 saturated heterocycles. The molecule has 5 heteroatoms. The number of esters is 2. The van der Waals surface area contributed by atoms with Crippen molar-refractivity contribution >= 4 is 35.8 Å². The molecule has 0 bridgehead atoms. The Bertz CT molecular complexity index is 264. The van der Waals surface area contributed by atoms with Crippen molar-refractivity contribution < 1.29 is 19.1 Å². The summed E-state index contributed by atoms with van der Waals surface area (Å²) in [6, 6.07) is 0. The first kappa shape index (κ1) is 20.8. The SMILES string of the molecule is CCCCCCCCOC(=O)/C=C\C(=O)OCC.[SnH2]. The van der Waals surface area contributed by atoms with Gasteiger partial charge in [-0.1, -0.05) is 39.0 Å². The Morgan fingerprint density at radius 3 is 1.95 bits per heavy atom. The van der Waals surface area contributed by atoms with Gasteiger partial charge < -0.3 is 9.47 Å². The molecule has 0 aliphatic carbocycles. The molecule has 0 rings (SSSR count). The van der Waals surface area contributed by atoms with Crippen molar-refractivity contribution in [2.75, 3.05) is 13.2 Å². The van der Waals surface area contributed by atoms with E-state index in [1.54, 1.807) is 6.92 Å². The molecule has 19 heavy (non-hydrogen) atoms. The zero-order valence-electron chi connectivity index (χ0n) is 12.2. The third-order valence-corrected chi connectivity index (χ3v) is 2.38. The van der Waals surface area contributed by atoms with Crippen LogP contribution in [-0.4, -0.2) is 49.1 Å². The molecule has 2 radical (unpaired) electrons. The Balaban J connectivity index is 0. The first-order valence-corrected chi connectivity index (χ1v) is 6.72. The van der Waals surface area contributed by atoms with Crippen LogP contribution >= 0.6 is 0 Å². The Morgan fingerprint density at radius 2 is 1.37 bits per heavy atom. The summed E-state index contributed by atoms with van der Waals surface area (Å²) in [4.78, 5) is 22.1. The molecule has 0 N–H and O–H groups in total. The summed E-state index contributed by atoms with van der Waals surface area (Å²) in [7, 11) is 0. The third-order valence-electron chi connectivity index (χ3n) is 2.38. The zero-order chi connectivity index (χ0) is 13.6. The average molecular weight is 377 g/mol. The van der Waals surface area contributed by atoms with E-state index < -0.39 is 11.9 Å². The van der Waals surface area contributed by atoms with Gasteiger partial charge in [0.25, 0.3) is 0 Å². The summed E-state index contributed by atoms with van der Waals surface area (Å²) >= 11 is 0. The van der Waals surface area contributed by atoms with Gasteiger partial charge in [-0.3, -0.25) is 0 Å². The summed E-state index contributed by atoms with van der Waals surface area (Å²) < 4.78 is 9.58. The Labute approximate surface area is 132 Å². The quantitative estimate of drug-likeness (QED) is 0.253. The van der Waals surface area contributed by atoms with E-state index in [2.05, 4.69) is 11.7 Å². The maximum atomic E-state index is 11.2. The van der Waals surface area contributed by atoms with E-state index in [-0.39, 0.29) is 23.9 Å². The van der Waals surface area contributed by atoms with Crippen LogP contribution in [-0.2, 0) is 19.1 Å². The first-order valence-electron chi connectivity index (χ1n) is 6.72. The fourth-order valence-electron chi connectivity index (χ4n) is 1.43. The molecule has 0 aliphatic rings. The van der Waals surface area contributed by atoms with Gasteiger partial charge in [0.05, 0.1) is 13.2 Å². The molecule has 0 aromatic carbocycles. The first-order chi connectivity index (χ1) is 8.70. The van der Waals surface area contributed by atoms with Gasteiger partial charge in [-0.2, -0.15) is 0 Å². The summed E-state index contributed by atoms with van der Waals surface area (Å²) in [5, 5.41) is 0. The van der Waals surface area contributed by atoms with Gasteiger partial charge in [-0.15, -0.1) is 0 Å². The van der Waals surface area contributed by atoms with Crippen molar-refractivity contribution in [3.63, 3.8) is 0 Å². The van der Waals surface area contributed by atoms with E-state index in [1.165, 1.54) is 25.7 Å². The van der Waals surface area contributed by atoms with Crippen LogP contribution in [0.25, 0.3) is 0 Å². The Kier molecular flexibility index (Phi) is 17.0. The minimum absolute atomic E-state index is 0. The summed E-state index contributed by atoms with van der Waals surface area (Å²) in [6.07, 6.45) is 9.08. The second-order valence-corrected chi connectivity index (χ2v) is 4.02. The second kappa shape index (κ2) is 15.5. The van der Waals surface area contributed by atoms with Gasteiger partial charge in [-0.05, 0) is 13.3 Å². The molecule has 0 aromatic rings. The number of ether oxygens (including phenoxy) is 2. The van der Waals surface area contributed by atoms with Crippen molar-refractivity contribution in [3.8, 4) is 0 Å². The number of carbonyl (C=O) groups is 2. The molecule has 0 aliphatic heterocycles. The number of unbranched alkanes of at least 4 members (excludes halogenated alkanes) is 5. The van der Waals surface area contributed by atoms with Gasteiger partial charge in [0.1, 0.15) is 0 Å². The van der Waals surface area contributed by atoms with Crippen LogP contribution in [0, 0.1) is 0 Å². The van der Waals surface area contributed by atoms with E-state index >= 15 is 0 Å². The Hall–Kier alpha value is -0.521. The Morgan fingerprint density at radius 1 is 0.842 bits per heavy atom. The maximum absolute atomic E-state index is 11.2. The topological polar surface area (TPSA) is 52.6 Å². The van der Waals surface area contributed by atoms with Crippen molar-refractivity contribution in [3.05, 3.63) is 12.2 Å². The molecule has 4 nitrogen and oxygen atoms in total. The zero-order valence-corrected chi connectivity index (χ0v) is 16.2. The molecule has 0 unspecified atom stereocenters. The van der Waals surface area contributed by atoms with Crippen LogP contribution in [0.4, 0.5) is 0 Å². The number of carbonyl (C=O) groups excluding carboxylic acids is 2. The van der Waals surface area contributed by atoms with Crippen LogP contribution in [0.1, 0.15) is 52.4 Å². The summed E-state index contributed by atoms with van der Waals surface area (Å²) in [5.41, 5.74) is 0. The van der Waals surface area contributed by atoms with Crippen molar-refractivity contribution in [2.45, 2.75) is 52.4 Å². The van der Waals surface area contributed by atoms with Crippen LogP contribution < -0.4 is 0 Å². The van der Waals surface area contributed by atoms with Crippen LogP contribution in [0.5, 0.6) is 0 Å². The van der Waals surface area contributed by atoms with Crippen molar-refractivity contribution in [2.24, 2.45) is 0 Å². The van der Waals surface area contributed by atoms with E-state index in [0.29, 0.717) is 13.2 Å². The normalized spacial score (nSPS) is 10.0. The molecule has 0 spiro atoms. The fourth-order valence-corrected chi connectivity index (χ4v) is 1.43. The molecule has 110 valence electrons. The van der Waals surface area contributed by atoms with Gasteiger partial charge in [0, 0.05) is 12.2 Å². The second-order valence-electron chi connectivity index (χ2n) is 4.02. The van der Waals surface area contributed by atoms with Crippen molar-refractivity contribution in [1.82, 2.24) is 0 Å². The summed E-state index contributed by atoms with van der Waals surface area (Å²) in [6.45, 7) is 4.61.